The van der Waals surface area contributed by atoms with Gasteiger partial charge in [-0.25, -0.2) is 4.39 Å². The Kier molecular flexibility index (Phi) is 5.84. The standard InChI is InChI=1S/C9H11ClFNO.ClH/c1-6(12)5-13-7-2-3-9(11)8(10)4-7;/h2-4,6H,5,12H2,1H3;1H. The molecule has 5 heteroatoms. The van der Waals surface area contributed by atoms with Gasteiger partial charge in [0.2, 0.25) is 0 Å². The van der Waals surface area contributed by atoms with Crippen LogP contribution in [0.1, 0.15) is 6.92 Å². The fourth-order valence-electron chi connectivity index (χ4n) is 0.805. The van der Waals surface area contributed by atoms with E-state index in [1.165, 1.54) is 12.1 Å². The van der Waals surface area contributed by atoms with Crippen LogP contribution in [-0.4, -0.2) is 12.6 Å². The molecular formula is C9H12Cl2FNO. The molecule has 0 aliphatic carbocycles. The molecule has 0 aliphatic rings. The summed E-state index contributed by atoms with van der Waals surface area (Å²) in [5.74, 6) is 0.138. The van der Waals surface area contributed by atoms with Crippen molar-refractivity contribution in [3.63, 3.8) is 0 Å². The van der Waals surface area contributed by atoms with E-state index in [1.54, 1.807) is 6.07 Å². The number of hydrogen-bond acceptors (Lipinski definition) is 1. The van der Waals surface area contributed by atoms with Crippen molar-refractivity contribution in [2.24, 2.45) is 0 Å². The zero-order valence-corrected chi connectivity index (χ0v) is 9.28. The van der Waals surface area contributed by atoms with Crippen LogP contribution >= 0.6 is 11.6 Å². The van der Waals surface area contributed by atoms with Crippen LogP contribution in [-0.2, 0) is 0 Å². The summed E-state index contributed by atoms with van der Waals surface area (Å²) >= 11 is 5.56. The van der Waals surface area contributed by atoms with E-state index in [1.807, 2.05) is 6.92 Å². The van der Waals surface area contributed by atoms with Gasteiger partial charge in [0, 0.05) is 6.07 Å². The minimum absolute atomic E-state index is 0. The van der Waals surface area contributed by atoms with Gasteiger partial charge in [0.15, 0.2) is 0 Å². The summed E-state index contributed by atoms with van der Waals surface area (Å²) in [5.41, 5.74) is 3.76. The van der Waals surface area contributed by atoms with Crippen molar-refractivity contribution in [2.45, 2.75) is 13.0 Å². The number of ether oxygens (including phenoxy) is 1. The summed E-state index contributed by atoms with van der Waals surface area (Å²) < 4.78 is 18.0. The summed E-state index contributed by atoms with van der Waals surface area (Å²) in [5, 5.41) is 0.0780. The van der Waals surface area contributed by atoms with E-state index in [9.17, 15) is 4.39 Å². The fourth-order valence-corrected chi connectivity index (χ4v) is 0.976. The van der Waals surface area contributed by atoms with Crippen molar-refractivity contribution >= 4 is 11.6 Å². The highest BCUT2D eigenvalue weighted by molar-refractivity contribution is 6.30. The Hall–Kier alpha value is -0.510. The zero-order chi connectivity index (χ0) is 9.84. The van der Waals surface area contributed by atoms with E-state index >= 15 is 0 Å². The molecular weight excluding hydrogens is 228 g/mol. The number of halogens is 3. The lowest BCUT2D eigenvalue weighted by Crippen LogP contribution is -3.00. The van der Waals surface area contributed by atoms with Gasteiger partial charge in [-0.1, -0.05) is 11.6 Å². The van der Waals surface area contributed by atoms with E-state index in [-0.39, 0.29) is 23.5 Å². The van der Waals surface area contributed by atoms with Gasteiger partial charge in [-0.3, -0.25) is 0 Å². The normalized spacial score (nSPS) is 11.7. The molecule has 0 heterocycles. The Morgan fingerprint density at radius 3 is 2.71 bits per heavy atom. The van der Waals surface area contributed by atoms with E-state index in [0.717, 1.165) is 0 Å². The second kappa shape index (κ2) is 6.06. The average Bonchev–Trinajstić information content (AvgIpc) is 2.07. The maximum absolute atomic E-state index is 12.7. The Morgan fingerprint density at radius 2 is 2.21 bits per heavy atom. The molecule has 14 heavy (non-hydrogen) atoms. The summed E-state index contributed by atoms with van der Waals surface area (Å²) in [6.07, 6.45) is 0. The maximum atomic E-state index is 12.7. The molecule has 0 fully saturated rings. The molecule has 1 aromatic rings. The summed E-state index contributed by atoms with van der Waals surface area (Å²) in [7, 11) is 0. The summed E-state index contributed by atoms with van der Waals surface area (Å²) in [6.45, 7) is 2.44. The largest absolute Gasteiger partial charge is 1.00 e. The third kappa shape index (κ3) is 4.13. The second-order valence-corrected chi connectivity index (χ2v) is 3.40. The molecule has 80 valence electrons. The van der Waals surface area contributed by atoms with Gasteiger partial charge < -0.3 is 22.9 Å². The Bertz CT molecular complexity index is 294. The number of rotatable bonds is 3. The number of hydrogen-bond donors (Lipinski definition) is 1. The van der Waals surface area contributed by atoms with E-state index in [4.69, 9.17) is 16.3 Å². The highest BCUT2D eigenvalue weighted by Crippen LogP contribution is 2.20. The molecule has 3 N–H and O–H groups in total. The first-order valence-electron chi connectivity index (χ1n) is 4.00. The number of benzene rings is 1. The Balaban J connectivity index is 0.00000169. The summed E-state index contributed by atoms with van der Waals surface area (Å²) in [4.78, 5) is 0. The predicted molar refractivity (Wildman–Crippen MR) is 49.3 cm³/mol. The van der Waals surface area contributed by atoms with Crippen molar-refractivity contribution in [1.29, 1.82) is 0 Å². The van der Waals surface area contributed by atoms with Gasteiger partial charge in [-0.05, 0) is 19.1 Å². The van der Waals surface area contributed by atoms with Gasteiger partial charge in [-0.2, -0.15) is 0 Å². The quantitative estimate of drug-likeness (QED) is 0.685. The van der Waals surface area contributed by atoms with Crippen LogP contribution in [0.3, 0.4) is 0 Å². The third-order valence-corrected chi connectivity index (χ3v) is 1.72. The maximum Gasteiger partial charge on any atom is 0.142 e. The summed E-state index contributed by atoms with van der Waals surface area (Å²) in [6, 6.07) is 4.48. The van der Waals surface area contributed by atoms with E-state index in [2.05, 4.69) is 5.73 Å². The van der Waals surface area contributed by atoms with Crippen LogP contribution < -0.4 is 22.9 Å². The minimum Gasteiger partial charge on any atom is -1.00 e. The molecule has 0 bridgehead atoms. The first-order valence-corrected chi connectivity index (χ1v) is 4.38. The molecule has 1 atom stereocenters. The van der Waals surface area contributed by atoms with Crippen LogP contribution in [0.2, 0.25) is 5.02 Å². The lowest BCUT2D eigenvalue weighted by molar-refractivity contribution is -0.417. The molecule has 0 radical (unpaired) electrons. The van der Waals surface area contributed by atoms with Gasteiger partial charge in [0.25, 0.3) is 0 Å². The lowest BCUT2D eigenvalue weighted by atomic mass is 10.3. The lowest BCUT2D eigenvalue weighted by Gasteiger charge is -2.06. The molecule has 0 saturated heterocycles. The molecule has 2 nitrogen and oxygen atoms in total. The third-order valence-electron chi connectivity index (χ3n) is 1.43. The first-order chi connectivity index (χ1) is 6.09. The van der Waals surface area contributed by atoms with E-state index < -0.39 is 5.82 Å². The molecule has 1 rings (SSSR count). The average molecular weight is 240 g/mol. The first kappa shape index (κ1) is 13.5. The molecule has 0 aliphatic heterocycles. The second-order valence-electron chi connectivity index (χ2n) is 2.99. The molecule has 1 unspecified atom stereocenters. The van der Waals surface area contributed by atoms with Crippen molar-refractivity contribution in [2.75, 3.05) is 6.61 Å². The highest BCUT2D eigenvalue weighted by Gasteiger charge is 2.03. The van der Waals surface area contributed by atoms with Crippen molar-refractivity contribution in [3.8, 4) is 5.75 Å². The van der Waals surface area contributed by atoms with E-state index in [0.29, 0.717) is 12.4 Å². The van der Waals surface area contributed by atoms with Gasteiger partial charge in [0.1, 0.15) is 24.2 Å². The SMILES string of the molecule is CC([NH3+])COc1ccc(F)c(Cl)c1.[Cl-]. The number of quaternary nitrogens is 1. The molecule has 0 spiro atoms. The van der Waals surface area contributed by atoms with Crippen molar-refractivity contribution < 1.29 is 27.3 Å². The van der Waals surface area contributed by atoms with Gasteiger partial charge in [0.05, 0.1) is 5.02 Å². The van der Waals surface area contributed by atoms with Crippen molar-refractivity contribution in [1.82, 2.24) is 0 Å². The van der Waals surface area contributed by atoms with Crippen molar-refractivity contribution in [3.05, 3.63) is 29.0 Å². The van der Waals surface area contributed by atoms with Crippen LogP contribution in [0.5, 0.6) is 5.75 Å². The van der Waals surface area contributed by atoms with Crippen LogP contribution in [0, 0.1) is 5.82 Å². The minimum atomic E-state index is -0.434. The Morgan fingerprint density at radius 1 is 1.57 bits per heavy atom. The van der Waals surface area contributed by atoms with Crippen LogP contribution in [0.15, 0.2) is 18.2 Å². The molecule has 0 amide bonds. The zero-order valence-electron chi connectivity index (χ0n) is 7.77. The Labute approximate surface area is 93.6 Å². The molecule has 0 saturated carbocycles. The van der Waals surface area contributed by atoms with Crippen LogP contribution in [0.4, 0.5) is 4.39 Å². The highest BCUT2D eigenvalue weighted by atomic mass is 35.5. The van der Waals surface area contributed by atoms with Gasteiger partial charge in [-0.15, -0.1) is 0 Å². The predicted octanol–water partition coefficient (Wildman–Crippen LogP) is -1.51. The van der Waals surface area contributed by atoms with Gasteiger partial charge >= 0.3 is 0 Å². The molecule has 1 aromatic carbocycles. The molecule has 0 aromatic heterocycles. The van der Waals surface area contributed by atoms with Crippen LogP contribution in [0.25, 0.3) is 0 Å². The smallest absolute Gasteiger partial charge is 0.142 e. The fraction of sp³-hybridized carbons (Fsp3) is 0.333. The monoisotopic (exact) mass is 239 g/mol. The topological polar surface area (TPSA) is 36.9 Å².